The van der Waals surface area contributed by atoms with E-state index in [1.807, 2.05) is 30.3 Å². The Bertz CT molecular complexity index is 774. The van der Waals surface area contributed by atoms with Crippen LogP contribution in [0, 0.1) is 11.3 Å². The first-order valence-corrected chi connectivity index (χ1v) is 7.60. The summed E-state index contributed by atoms with van der Waals surface area (Å²) < 4.78 is 2.85. The lowest BCUT2D eigenvalue weighted by atomic mass is 10.0. The van der Waals surface area contributed by atoms with Crippen molar-refractivity contribution in [3.05, 3.63) is 65.7 Å². The zero-order chi connectivity index (χ0) is 16.9. The summed E-state index contributed by atoms with van der Waals surface area (Å²) in [5, 5.41) is 9.31. The zero-order valence-corrected chi connectivity index (χ0v) is 13.9. The summed E-state index contributed by atoms with van der Waals surface area (Å²) in [5.74, 6) is -0.771. The lowest BCUT2D eigenvalue weighted by molar-refractivity contribution is -0.133. The maximum absolute atomic E-state index is 11.6. The second-order valence-corrected chi connectivity index (χ2v) is 6.78. The maximum Gasteiger partial charge on any atom is 0.363 e. The number of alkyl halides is 3. The smallest absolute Gasteiger partial charge is 0.363 e. The summed E-state index contributed by atoms with van der Waals surface area (Å²) in [7, 11) is 0. The van der Waals surface area contributed by atoms with Gasteiger partial charge in [0.25, 0.3) is 3.79 Å². The normalized spacial score (nSPS) is 11.7. The number of nitrogens with zero attached hydrogens (tertiary/aromatic N) is 1. The number of carbonyl (C=O) groups is 1. The number of rotatable bonds is 3. The van der Waals surface area contributed by atoms with Gasteiger partial charge in [-0.3, -0.25) is 0 Å². The Morgan fingerprint density at radius 2 is 1.78 bits per heavy atom. The van der Waals surface area contributed by atoms with Crippen LogP contribution in [0.5, 0.6) is 5.75 Å². The van der Waals surface area contributed by atoms with E-state index in [1.54, 1.807) is 30.3 Å². The molecule has 0 heterocycles. The molecule has 0 bridgehead atoms. The van der Waals surface area contributed by atoms with Crippen molar-refractivity contribution >= 4 is 52.4 Å². The highest BCUT2D eigenvalue weighted by molar-refractivity contribution is 6.75. The third-order valence-electron chi connectivity index (χ3n) is 2.82. The molecule has 0 aromatic heterocycles. The molecule has 2 aromatic carbocycles. The van der Waals surface area contributed by atoms with E-state index in [1.165, 1.54) is 0 Å². The highest BCUT2D eigenvalue weighted by atomic mass is 35.6. The average Bonchev–Trinajstić information content (AvgIpc) is 2.53. The summed E-state index contributed by atoms with van der Waals surface area (Å²) in [4.78, 5) is 11.6. The van der Waals surface area contributed by atoms with E-state index in [4.69, 9.17) is 39.5 Å². The fraction of sp³-hybridized carbons (Fsp3) is 0.0588. The number of hydrogen-bond acceptors (Lipinski definition) is 3. The molecule has 3 nitrogen and oxygen atoms in total. The van der Waals surface area contributed by atoms with Crippen LogP contribution in [0.4, 0.5) is 0 Å². The van der Waals surface area contributed by atoms with Gasteiger partial charge in [-0.05, 0) is 29.3 Å². The predicted octanol–water partition coefficient (Wildman–Crippen LogP) is 5.03. The molecule has 0 saturated carbocycles. The highest BCUT2D eigenvalue weighted by Gasteiger charge is 2.33. The number of benzene rings is 2. The van der Waals surface area contributed by atoms with Gasteiger partial charge in [0.15, 0.2) is 0 Å². The summed E-state index contributed by atoms with van der Waals surface area (Å²) in [6.07, 6.45) is 1.68. The molecular weight excluding hydrogens is 357 g/mol. The van der Waals surface area contributed by atoms with Crippen LogP contribution in [0.2, 0.25) is 0 Å². The van der Waals surface area contributed by atoms with Crippen LogP contribution < -0.4 is 4.74 Å². The lowest BCUT2D eigenvalue weighted by Gasteiger charge is -2.10. The van der Waals surface area contributed by atoms with Crippen molar-refractivity contribution in [3.8, 4) is 11.8 Å². The van der Waals surface area contributed by atoms with Crippen molar-refractivity contribution in [1.82, 2.24) is 0 Å². The van der Waals surface area contributed by atoms with Crippen LogP contribution >= 0.6 is 34.8 Å². The van der Waals surface area contributed by atoms with Crippen molar-refractivity contribution < 1.29 is 9.53 Å². The van der Waals surface area contributed by atoms with Gasteiger partial charge < -0.3 is 4.74 Å². The standard InChI is InChI=1S/C17H10Cl3NO2/c18-17(19,20)16(22)23-15-8-4-5-12(10-15)9-14(11-21)13-6-2-1-3-7-13/h1-10H/b14-9-. The van der Waals surface area contributed by atoms with Crippen LogP contribution in [0.1, 0.15) is 11.1 Å². The van der Waals surface area contributed by atoms with Gasteiger partial charge in [-0.25, -0.2) is 4.79 Å². The molecule has 0 aliphatic heterocycles. The fourth-order valence-electron chi connectivity index (χ4n) is 1.80. The van der Waals surface area contributed by atoms with Gasteiger partial charge in [0.05, 0.1) is 11.6 Å². The van der Waals surface area contributed by atoms with E-state index >= 15 is 0 Å². The highest BCUT2D eigenvalue weighted by Crippen LogP contribution is 2.29. The molecule has 23 heavy (non-hydrogen) atoms. The molecule has 0 fully saturated rings. The van der Waals surface area contributed by atoms with Crippen LogP contribution in [0.15, 0.2) is 54.6 Å². The van der Waals surface area contributed by atoms with E-state index in [9.17, 15) is 10.1 Å². The van der Waals surface area contributed by atoms with Crippen LogP contribution in [0.25, 0.3) is 11.6 Å². The van der Waals surface area contributed by atoms with Gasteiger partial charge in [-0.1, -0.05) is 77.3 Å². The Hall–Kier alpha value is -1.99. The molecule has 0 unspecified atom stereocenters. The minimum Gasteiger partial charge on any atom is -0.423 e. The molecule has 0 radical (unpaired) electrons. The fourth-order valence-corrected chi connectivity index (χ4v) is 1.91. The summed E-state index contributed by atoms with van der Waals surface area (Å²) in [5.41, 5.74) is 1.95. The van der Waals surface area contributed by atoms with Crippen molar-refractivity contribution in [2.24, 2.45) is 0 Å². The van der Waals surface area contributed by atoms with E-state index in [-0.39, 0.29) is 5.75 Å². The van der Waals surface area contributed by atoms with Crippen molar-refractivity contribution in [2.75, 3.05) is 0 Å². The average molecular weight is 367 g/mol. The molecule has 0 saturated heterocycles. The Kier molecular flexibility index (Phi) is 5.68. The SMILES string of the molecule is N#C/C(=C/c1cccc(OC(=O)C(Cl)(Cl)Cl)c1)c1ccccc1. The molecular formula is C17H10Cl3NO2. The van der Waals surface area contributed by atoms with Crippen LogP contribution in [-0.2, 0) is 4.79 Å². The van der Waals surface area contributed by atoms with Crippen molar-refractivity contribution in [1.29, 1.82) is 5.26 Å². The van der Waals surface area contributed by atoms with E-state index < -0.39 is 9.76 Å². The monoisotopic (exact) mass is 365 g/mol. The summed E-state index contributed by atoms with van der Waals surface area (Å²) >= 11 is 16.4. The third kappa shape index (κ3) is 5.01. The molecule has 0 amide bonds. The van der Waals surface area contributed by atoms with Crippen molar-refractivity contribution in [3.63, 3.8) is 0 Å². The largest absolute Gasteiger partial charge is 0.423 e. The Morgan fingerprint density at radius 3 is 2.39 bits per heavy atom. The summed E-state index contributed by atoms with van der Waals surface area (Å²) in [6.45, 7) is 0. The minimum absolute atomic E-state index is 0.223. The third-order valence-corrected chi connectivity index (χ3v) is 3.28. The molecule has 116 valence electrons. The van der Waals surface area contributed by atoms with Crippen LogP contribution in [-0.4, -0.2) is 9.76 Å². The predicted molar refractivity (Wildman–Crippen MR) is 92.3 cm³/mol. The van der Waals surface area contributed by atoms with Gasteiger partial charge in [0.2, 0.25) is 0 Å². The molecule has 0 atom stereocenters. The van der Waals surface area contributed by atoms with Gasteiger partial charge in [0, 0.05) is 0 Å². The zero-order valence-electron chi connectivity index (χ0n) is 11.7. The number of esters is 1. The quantitative estimate of drug-likeness (QED) is 0.252. The number of hydrogen-bond donors (Lipinski definition) is 0. The lowest BCUT2D eigenvalue weighted by Crippen LogP contribution is -2.24. The number of allylic oxidation sites excluding steroid dienone is 1. The van der Waals surface area contributed by atoms with Gasteiger partial charge >= 0.3 is 5.97 Å². The first kappa shape index (κ1) is 17.4. The van der Waals surface area contributed by atoms with Gasteiger partial charge in [0.1, 0.15) is 5.75 Å². The maximum atomic E-state index is 11.6. The number of nitriles is 1. The molecule has 2 aromatic rings. The van der Waals surface area contributed by atoms with Crippen molar-refractivity contribution in [2.45, 2.75) is 3.79 Å². The molecule has 2 rings (SSSR count). The second kappa shape index (κ2) is 7.52. The Morgan fingerprint density at radius 1 is 1.09 bits per heavy atom. The molecule has 6 heteroatoms. The Labute approximate surface area is 148 Å². The minimum atomic E-state index is -2.15. The van der Waals surface area contributed by atoms with E-state index in [0.717, 1.165) is 5.56 Å². The molecule has 0 spiro atoms. The topological polar surface area (TPSA) is 50.1 Å². The first-order valence-electron chi connectivity index (χ1n) is 6.46. The van der Waals surface area contributed by atoms with E-state index in [0.29, 0.717) is 11.1 Å². The molecule has 0 N–H and O–H groups in total. The van der Waals surface area contributed by atoms with Gasteiger partial charge in [-0.15, -0.1) is 0 Å². The molecule has 0 aliphatic carbocycles. The number of carbonyl (C=O) groups excluding carboxylic acids is 1. The first-order chi connectivity index (χ1) is 10.9. The molecule has 0 aliphatic rings. The van der Waals surface area contributed by atoms with E-state index in [2.05, 4.69) is 6.07 Å². The van der Waals surface area contributed by atoms with Crippen LogP contribution in [0.3, 0.4) is 0 Å². The Balaban J connectivity index is 2.28. The summed E-state index contributed by atoms with van der Waals surface area (Å²) in [6, 6.07) is 18.0. The second-order valence-electron chi connectivity index (χ2n) is 4.50. The number of ether oxygens (including phenoxy) is 1. The van der Waals surface area contributed by atoms with Gasteiger partial charge in [-0.2, -0.15) is 5.26 Å². The number of halogens is 3.